The molecule has 0 amide bonds. The molecule has 2 N–H and O–H groups in total. The predicted molar refractivity (Wildman–Crippen MR) is 67.6 cm³/mol. The van der Waals surface area contributed by atoms with E-state index in [0.717, 1.165) is 12.8 Å². The maximum atomic E-state index is 9.35. The Kier molecular flexibility index (Phi) is 6.86. The van der Waals surface area contributed by atoms with Crippen LogP contribution >= 0.6 is 0 Å². The second-order valence-corrected chi connectivity index (χ2v) is 4.36. The van der Waals surface area contributed by atoms with Crippen LogP contribution < -0.4 is 0 Å². The molecule has 0 saturated heterocycles. The molecule has 3 nitrogen and oxygen atoms in total. The summed E-state index contributed by atoms with van der Waals surface area (Å²) in [6, 6.07) is 10.0. The molecule has 0 aliphatic carbocycles. The van der Waals surface area contributed by atoms with Crippen molar-refractivity contribution >= 4 is 0 Å². The van der Waals surface area contributed by atoms with E-state index in [1.165, 1.54) is 5.56 Å². The Balaban J connectivity index is 2.08. The van der Waals surface area contributed by atoms with Crippen molar-refractivity contribution in [2.75, 3.05) is 13.2 Å². The Bertz CT molecular complexity index is 285. The van der Waals surface area contributed by atoms with Crippen LogP contribution in [0.2, 0.25) is 0 Å². The van der Waals surface area contributed by atoms with Crippen LogP contribution in [0.15, 0.2) is 30.3 Å². The minimum Gasteiger partial charge on any atom is -0.396 e. The molecule has 0 aliphatic rings. The normalized spacial score (nSPS) is 14.5. The summed E-state index contributed by atoms with van der Waals surface area (Å²) in [7, 11) is 0. The minimum atomic E-state index is -0.450. The zero-order valence-corrected chi connectivity index (χ0v) is 10.4. The van der Waals surface area contributed by atoms with Crippen LogP contribution in [0.4, 0.5) is 0 Å². The highest BCUT2D eigenvalue weighted by molar-refractivity contribution is 5.13. The quantitative estimate of drug-likeness (QED) is 0.681. The van der Waals surface area contributed by atoms with Gasteiger partial charge in [0.15, 0.2) is 0 Å². The van der Waals surface area contributed by atoms with E-state index in [1.54, 1.807) is 6.92 Å². The Morgan fingerprint density at radius 3 is 2.53 bits per heavy atom. The smallest absolute Gasteiger partial charge is 0.0716 e. The van der Waals surface area contributed by atoms with Crippen LogP contribution in [0.1, 0.15) is 25.3 Å². The Labute approximate surface area is 103 Å². The van der Waals surface area contributed by atoms with E-state index < -0.39 is 6.10 Å². The molecule has 1 aromatic rings. The number of hydrogen-bond donors (Lipinski definition) is 2. The van der Waals surface area contributed by atoms with Crippen LogP contribution in [0.3, 0.4) is 0 Å². The zero-order valence-electron chi connectivity index (χ0n) is 10.4. The lowest BCUT2D eigenvalue weighted by atomic mass is 9.99. The molecule has 1 rings (SSSR count). The van der Waals surface area contributed by atoms with Gasteiger partial charge in [-0.3, -0.25) is 0 Å². The third-order valence-corrected chi connectivity index (χ3v) is 2.89. The van der Waals surface area contributed by atoms with Gasteiger partial charge in [-0.15, -0.1) is 0 Å². The monoisotopic (exact) mass is 238 g/mol. The molecular weight excluding hydrogens is 216 g/mol. The second kappa shape index (κ2) is 8.23. The Morgan fingerprint density at radius 2 is 1.94 bits per heavy atom. The van der Waals surface area contributed by atoms with Crippen molar-refractivity contribution in [2.45, 2.75) is 32.5 Å². The molecule has 0 aliphatic heterocycles. The fraction of sp³-hybridized carbons (Fsp3) is 0.571. The SMILES string of the molecule is C[C@@H](O)[C@@H](CO)CCCOCc1ccccc1. The number of aliphatic hydroxyl groups is 2. The third-order valence-electron chi connectivity index (χ3n) is 2.89. The van der Waals surface area contributed by atoms with Gasteiger partial charge in [-0.25, -0.2) is 0 Å². The van der Waals surface area contributed by atoms with E-state index in [1.807, 2.05) is 30.3 Å². The lowest BCUT2D eigenvalue weighted by Gasteiger charge is -2.16. The summed E-state index contributed by atoms with van der Waals surface area (Å²) in [5.41, 5.74) is 1.17. The summed E-state index contributed by atoms with van der Waals surface area (Å²) in [5.74, 6) is -0.0321. The van der Waals surface area contributed by atoms with Crippen LogP contribution in [0.25, 0.3) is 0 Å². The van der Waals surface area contributed by atoms with E-state index in [4.69, 9.17) is 9.84 Å². The Morgan fingerprint density at radius 1 is 1.24 bits per heavy atom. The molecule has 0 bridgehead atoms. The van der Waals surface area contributed by atoms with Gasteiger partial charge in [-0.2, -0.15) is 0 Å². The summed E-state index contributed by atoms with van der Waals surface area (Å²) in [4.78, 5) is 0. The summed E-state index contributed by atoms with van der Waals surface area (Å²) in [6.07, 6.45) is 1.21. The van der Waals surface area contributed by atoms with E-state index >= 15 is 0 Å². The van der Waals surface area contributed by atoms with Crippen LogP contribution in [-0.2, 0) is 11.3 Å². The third kappa shape index (κ3) is 5.82. The number of rotatable bonds is 8. The van der Waals surface area contributed by atoms with Gasteiger partial charge in [0.25, 0.3) is 0 Å². The first-order valence-corrected chi connectivity index (χ1v) is 6.14. The van der Waals surface area contributed by atoms with Gasteiger partial charge in [0, 0.05) is 19.1 Å². The van der Waals surface area contributed by atoms with E-state index in [-0.39, 0.29) is 12.5 Å². The van der Waals surface area contributed by atoms with Gasteiger partial charge >= 0.3 is 0 Å². The highest BCUT2D eigenvalue weighted by atomic mass is 16.5. The topological polar surface area (TPSA) is 49.7 Å². The zero-order chi connectivity index (χ0) is 12.5. The van der Waals surface area contributed by atoms with Gasteiger partial charge in [0.05, 0.1) is 12.7 Å². The maximum Gasteiger partial charge on any atom is 0.0716 e. The van der Waals surface area contributed by atoms with Gasteiger partial charge < -0.3 is 14.9 Å². The summed E-state index contributed by atoms with van der Waals surface area (Å²) < 4.78 is 5.53. The fourth-order valence-corrected chi connectivity index (χ4v) is 1.70. The largest absolute Gasteiger partial charge is 0.396 e. The van der Waals surface area contributed by atoms with Crippen molar-refractivity contribution in [2.24, 2.45) is 5.92 Å². The first-order chi connectivity index (χ1) is 8.24. The molecule has 2 atom stereocenters. The van der Waals surface area contributed by atoms with Gasteiger partial charge in [-0.1, -0.05) is 30.3 Å². The van der Waals surface area contributed by atoms with Crippen molar-refractivity contribution in [1.82, 2.24) is 0 Å². The number of benzene rings is 1. The summed E-state index contributed by atoms with van der Waals surface area (Å²) in [5, 5.41) is 18.4. The number of aliphatic hydroxyl groups excluding tert-OH is 2. The van der Waals surface area contributed by atoms with Crippen molar-refractivity contribution in [1.29, 1.82) is 0 Å². The van der Waals surface area contributed by atoms with Crippen LogP contribution in [-0.4, -0.2) is 29.5 Å². The molecule has 3 heteroatoms. The standard InChI is InChI=1S/C14H22O3/c1-12(16)14(10-15)8-5-9-17-11-13-6-3-2-4-7-13/h2-4,6-7,12,14-16H,5,8-11H2,1H3/t12-,14-/m1/s1. The molecule has 0 unspecified atom stereocenters. The highest BCUT2D eigenvalue weighted by Gasteiger charge is 2.12. The first kappa shape index (κ1) is 14.2. The molecule has 0 radical (unpaired) electrons. The van der Waals surface area contributed by atoms with Crippen molar-refractivity contribution in [3.05, 3.63) is 35.9 Å². The average molecular weight is 238 g/mol. The number of hydrogen-bond acceptors (Lipinski definition) is 3. The lowest BCUT2D eigenvalue weighted by Crippen LogP contribution is -2.20. The second-order valence-electron chi connectivity index (χ2n) is 4.36. The fourth-order valence-electron chi connectivity index (χ4n) is 1.70. The van der Waals surface area contributed by atoms with Crippen molar-refractivity contribution < 1.29 is 14.9 Å². The summed E-state index contributed by atoms with van der Waals surface area (Å²) in [6.45, 7) is 3.04. The van der Waals surface area contributed by atoms with E-state index in [9.17, 15) is 5.11 Å². The highest BCUT2D eigenvalue weighted by Crippen LogP contribution is 2.11. The van der Waals surface area contributed by atoms with Gasteiger partial charge in [0.1, 0.15) is 0 Å². The molecule has 96 valence electrons. The predicted octanol–water partition coefficient (Wildman–Crippen LogP) is 1.97. The molecular formula is C14H22O3. The molecule has 0 heterocycles. The number of ether oxygens (including phenoxy) is 1. The van der Waals surface area contributed by atoms with Crippen molar-refractivity contribution in [3.63, 3.8) is 0 Å². The van der Waals surface area contributed by atoms with Crippen LogP contribution in [0, 0.1) is 5.92 Å². The van der Waals surface area contributed by atoms with Gasteiger partial charge in [-0.05, 0) is 25.3 Å². The van der Waals surface area contributed by atoms with Crippen molar-refractivity contribution in [3.8, 4) is 0 Å². The summed E-state index contributed by atoms with van der Waals surface area (Å²) >= 11 is 0. The van der Waals surface area contributed by atoms with E-state index in [2.05, 4.69) is 0 Å². The molecule has 0 fully saturated rings. The van der Waals surface area contributed by atoms with E-state index in [0.29, 0.717) is 13.2 Å². The Hall–Kier alpha value is -0.900. The molecule has 0 aromatic heterocycles. The van der Waals surface area contributed by atoms with Gasteiger partial charge in [0.2, 0.25) is 0 Å². The molecule has 0 spiro atoms. The maximum absolute atomic E-state index is 9.35. The molecule has 0 saturated carbocycles. The lowest BCUT2D eigenvalue weighted by molar-refractivity contribution is 0.0613. The molecule has 1 aromatic carbocycles. The minimum absolute atomic E-state index is 0.0321. The van der Waals surface area contributed by atoms with Crippen LogP contribution in [0.5, 0.6) is 0 Å². The first-order valence-electron chi connectivity index (χ1n) is 6.14. The molecule has 17 heavy (non-hydrogen) atoms. The average Bonchev–Trinajstić information content (AvgIpc) is 2.34.